The molecule has 0 radical (unpaired) electrons. The van der Waals surface area contributed by atoms with Crippen LogP contribution < -0.4 is 16.9 Å². The first-order chi connectivity index (χ1) is 8.99. The zero-order valence-corrected chi connectivity index (χ0v) is 10.7. The van der Waals surface area contributed by atoms with Crippen LogP contribution in [0.4, 0.5) is 0 Å². The molecule has 1 aromatic rings. The number of unbranched alkanes of at least 4 members (excludes halogenated alkanes) is 1. The molecule has 0 aromatic heterocycles. The first-order valence-electron chi connectivity index (χ1n) is 5.95. The maximum Gasteiger partial charge on any atom is 0.320 e. The summed E-state index contributed by atoms with van der Waals surface area (Å²) >= 11 is 0. The average molecular weight is 268 g/mol. The third kappa shape index (κ3) is 8.76. The molecule has 0 aliphatic heterocycles. The third-order valence-electron chi connectivity index (χ3n) is 2.26. The number of hydrogen-bond donors (Lipinski definition) is 4. The SMILES string of the molecule is NCCCC[C@H](N)C(=O)O.O=c1cccccc1O. The van der Waals surface area contributed by atoms with E-state index in [1.165, 1.54) is 12.1 Å². The lowest BCUT2D eigenvalue weighted by molar-refractivity contribution is -0.138. The molecule has 0 fully saturated rings. The van der Waals surface area contributed by atoms with Crippen molar-refractivity contribution in [1.29, 1.82) is 0 Å². The molecule has 0 unspecified atom stereocenters. The van der Waals surface area contributed by atoms with Crippen LogP contribution in [-0.2, 0) is 4.79 Å². The van der Waals surface area contributed by atoms with E-state index in [0.717, 1.165) is 12.8 Å². The Labute approximate surface area is 111 Å². The highest BCUT2D eigenvalue weighted by Crippen LogP contribution is 1.97. The van der Waals surface area contributed by atoms with Crippen LogP contribution in [0.2, 0.25) is 0 Å². The van der Waals surface area contributed by atoms with Crippen molar-refractivity contribution in [3.8, 4) is 5.75 Å². The number of rotatable bonds is 5. The maximum absolute atomic E-state index is 10.6. The zero-order chi connectivity index (χ0) is 14.7. The number of aromatic hydroxyl groups is 1. The lowest BCUT2D eigenvalue weighted by Gasteiger charge is -2.03. The maximum atomic E-state index is 10.6. The topological polar surface area (TPSA) is 127 Å². The van der Waals surface area contributed by atoms with Crippen molar-refractivity contribution in [2.24, 2.45) is 11.5 Å². The smallest absolute Gasteiger partial charge is 0.320 e. The van der Waals surface area contributed by atoms with E-state index >= 15 is 0 Å². The number of carboxylic acid groups (broad SMARTS) is 1. The Morgan fingerprint density at radius 1 is 1.21 bits per heavy atom. The van der Waals surface area contributed by atoms with E-state index in [0.29, 0.717) is 13.0 Å². The summed E-state index contributed by atoms with van der Waals surface area (Å²) in [6.07, 6.45) is 2.16. The van der Waals surface area contributed by atoms with Crippen LogP contribution >= 0.6 is 0 Å². The van der Waals surface area contributed by atoms with Gasteiger partial charge in [0.25, 0.3) is 0 Å². The molecule has 19 heavy (non-hydrogen) atoms. The van der Waals surface area contributed by atoms with E-state index in [9.17, 15) is 9.59 Å². The Balaban J connectivity index is 0.000000342. The number of nitrogens with two attached hydrogens (primary N) is 2. The summed E-state index contributed by atoms with van der Waals surface area (Å²) in [5.41, 5.74) is 10.1. The molecule has 0 aliphatic rings. The molecular formula is C13H20N2O4. The molecule has 106 valence electrons. The van der Waals surface area contributed by atoms with Gasteiger partial charge in [0.05, 0.1) is 0 Å². The van der Waals surface area contributed by atoms with Gasteiger partial charge in [0.15, 0.2) is 5.75 Å². The summed E-state index contributed by atoms with van der Waals surface area (Å²) in [6, 6.07) is 6.84. The summed E-state index contributed by atoms with van der Waals surface area (Å²) in [6.45, 7) is 0.604. The Hall–Kier alpha value is -1.92. The lowest BCUT2D eigenvalue weighted by Crippen LogP contribution is -2.29. The molecule has 0 saturated carbocycles. The molecule has 1 rings (SSSR count). The van der Waals surface area contributed by atoms with E-state index in [-0.39, 0.29) is 11.2 Å². The number of aliphatic carboxylic acids is 1. The molecule has 6 heteroatoms. The Morgan fingerprint density at radius 3 is 2.42 bits per heavy atom. The molecule has 0 aliphatic carbocycles. The van der Waals surface area contributed by atoms with Gasteiger partial charge in [-0.25, -0.2) is 0 Å². The lowest BCUT2D eigenvalue weighted by atomic mass is 10.1. The van der Waals surface area contributed by atoms with Crippen molar-refractivity contribution >= 4 is 5.97 Å². The fourth-order valence-corrected chi connectivity index (χ4v) is 1.15. The Morgan fingerprint density at radius 2 is 1.84 bits per heavy atom. The van der Waals surface area contributed by atoms with E-state index in [1.807, 2.05) is 0 Å². The van der Waals surface area contributed by atoms with Crippen LogP contribution in [0, 0.1) is 0 Å². The molecule has 0 spiro atoms. The molecule has 0 heterocycles. The summed E-state index contributed by atoms with van der Waals surface area (Å²) in [7, 11) is 0. The van der Waals surface area contributed by atoms with Gasteiger partial charge in [-0.3, -0.25) is 9.59 Å². The van der Waals surface area contributed by atoms with Crippen molar-refractivity contribution in [3.63, 3.8) is 0 Å². The highest BCUT2D eigenvalue weighted by molar-refractivity contribution is 5.72. The van der Waals surface area contributed by atoms with Crippen LogP contribution in [-0.4, -0.2) is 28.8 Å². The first kappa shape index (κ1) is 17.1. The normalized spacial score (nSPS) is 11.1. The Bertz CT molecular complexity index is 437. The largest absolute Gasteiger partial charge is 0.504 e. The molecular weight excluding hydrogens is 248 g/mol. The molecule has 1 atom stereocenters. The quantitative estimate of drug-likeness (QED) is 0.568. The van der Waals surface area contributed by atoms with E-state index in [2.05, 4.69) is 0 Å². The van der Waals surface area contributed by atoms with Gasteiger partial charge < -0.3 is 21.7 Å². The average Bonchev–Trinajstić information content (AvgIpc) is 2.56. The second-order valence-electron chi connectivity index (χ2n) is 3.89. The molecule has 1 aromatic carbocycles. The van der Waals surface area contributed by atoms with Gasteiger partial charge in [-0.1, -0.05) is 24.6 Å². The fraction of sp³-hybridized carbons (Fsp3) is 0.385. The predicted molar refractivity (Wildman–Crippen MR) is 72.9 cm³/mol. The first-order valence-corrected chi connectivity index (χ1v) is 5.95. The van der Waals surface area contributed by atoms with Gasteiger partial charge in [-0.2, -0.15) is 0 Å². The van der Waals surface area contributed by atoms with Gasteiger partial charge in [-0.15, -0.1) is 0 Å². The minimum atomic E-state index is -0.933. The zero-order valence-electron chi connectivity index (χ0n) is 10.7. The third-order valence-corrected chi connectivity index (χ3v) is 2.26. The standard InChI is InChI=1S/C7H6O2.C6H14N2O2/c8-6-4-2-1-3-5-7(6)9;7-4-2-1-3-5(8)6(9)10/h1-5H,(H,8,9);5H,1-4,7-8H2,(H,9,10)/t;5-/m.0/s1. The second-order valence-corrected chi connectivity index (χ2v) is 3.89. The van der Waals surface area contributed by atoms with E-state index < -0.39 is 12.0 Å². The molecule has 0 bridgehead atoms. The Kier molecular flexibility index (Phi) is 9.03. The second kappa shape index (κ2) is 10.0. The van der Waals surface area contributed by atoms with Crippen molar-refractivity contribution in [2.45, 2.75) is 25.3 Å². The summed E-state index contributed by atoms with van der Waals surface area (Å²) in [4.78, 5) is 20.7. The predicted octanol–water partition coefficient (Wildman–Crippen LogP) is 0.280. The van der Waals surface area contributed by atoms with Crippen molar-refractivity contribution in [1.82, 2.24) is 0 Å². The van der Waals surface area contributed by atoms with Gasteiger partial charge in [0.2, 0.25) is 5.43 Å². The van der Waals surface area contributed by atoms with E-state index in [1.54, 1.807) is 18.2 Å². The monoisotopic (exact) mass is 268 g/mol. The van der Waals surface area contributed by atoms with Crippen molar-refractivity contribution in [3.05, 3.63) is 40.6 Å². The van der Waals surface area contributed by atoms with Gasteiger partial charge in [0, 0.05) is 0 Å². The number of carbonyl (C=O) groups is 1. The molecule has 6 N–H and O–H groups in total. The molecule has 6 nitrogen and oxygen atoms in total. The minimum absolute atomic E-state index is 0.208. The van der Waals surface area contributed by atoms with Crippen LogP contribution in [0.3, 0.4) is 0 Å². The summed E-state index contributed by atoms with van der Waals surface area (Å²) in [5, 5.41) is 17.1. The van der Waals surface area contributed by atoms with Crippen molar-refractivity contribution in [2.75, 3.05) is 6.54 Å². The summed E-state index contributed by atoms with van der Waals surface area (Å²) < 4.78 is 0. The highest BCUT2D eigenvalue weighted by atomic mass is 16.4. The van der Waals surface area contributed by atoms with Crippen molar-refractivity contribution < 1.29 is 15.0 Å². The number of carboxylic acids is 1. The van der Waals surface area contributed by atoms with Crippen LogP contribution in [0.5, 0.6) is 5.75 Å². The number of hydrogen-bond acceptors (Lipinski definition) is 5. The van der Waals surface area contributed by atoms with Gasteiger partial charge in [0.1, 0.15) is 6.04 Å². The van der Waals surface area contributed by atoms with Gasteiger partial charge >= 0.3 is 5.97 Å². The van der Waals surface area contributed by atoms with Gasteiger partial charge in [-0.05, 0) is 31.5 Å². The highest BCUT2D eigenvalue weighted by Gasteiger charge is 2.09. The molecule has 0 amide bonds. The van der Waals surface area contributed by atoms with Crippen LogP contribution in [0.1, 0.15) is 19.3 Å². The minimum Gasteiger partial charge on any atom is -0.504 e. The van der Waals surface area contributed by atoms with E-state index in [4.69, 9.17) is 21.7 Å². The fourth-order valence-electron chi connectivity index (χ4n) is 1.15. The summed E-state index contributed by atoms with van der Waals surface area (Å²) in [5.74, 6) is -1.14. The van der Waals surface area contributed by atoms with Crippen LogP contribution in [0.25, 0.3) is 0 Å². The van der Waals surface area contributed by atoms with Crippen LogP contribution in [0.15, 0.2) is 35.1 Å². The molecule has 0 saturated heterocycles.